The van der Waals surface area contributed by atoms with Gasteiger partial charge in [0.1, 0.15) is 11.8 Å². The summed E-state index contributed by atoms with van der Waals surface area (Å²) in [6.07, 6.45) is 1.84. The van der Waals surface area contributed by atoms with Gasteiger partial charge in [0.05, 0.1) is 12.7 Å². The van der Waals surface area contributed by atoms with E-state index in [-0.39, 0.29) is 12.0 Å². The Kier molecular flexibility index (Phi) is 4.62. The van der Waals surface area contributed by atoms with Gasteiger partial charge in [0.15, 0.2) is 0 Å². The van der Waals surface area contributed by atoms with E-state index in [9.17, 15) is 9.59 Å². The van der Waals surface area contributed by atoms with Gasteiger partial charge in [-0.3, -0.25) is 9.59 Å². The van der Waals surface area contributed by atoms with Crippen molar-refractivity contribution in [3.63, 3.8) is 0 Å². The van der Waals surface area contributed by atoms with Crippen molar-refractivity contribution < 1.29 is 14.6 Å². The van der Waals surface area contributed by atoms with Crippen LogP contribution in [-0.4, -0.2) is 29.2 Å². The normalized spacial score (nSPS) is 12.0. The zero-order valence-corrected chi connectivity index (χ0v) is 12.4. The molecule has 0 radical (unpaired) electrons. The molecule has 0 amide bonds. The topological polar surface area (TPSA) is 105 Å². The standard InChI is InChI=1S/C16H18N2O4/c1-9-8-18-15(19)13(14(9)22-2)11-5-3-10(4-6-11)7-12(17)16(20)21/h3-6,8,12H,7,17H2,1-2H3,(H,18,19)(H,20,21)/t12-/m0/s1. The van der Waals surface area contributed by atoms with E-state index in [1.54, 1.807) is 30.5 Å². The van der Waals surface area contributed by atoms with Crippen LogP contribution in [0.3, 0.4) is 0 Å². The third kappa shape index (κ3) is 3.17. The second kappa shape index (κ2) is 6.44. The Labute approximate surface area is 127 Å². The Morgan fingerprint density at radius 2 is 2.00 bits per heavy atom. The number of H-pyrrole nitrogens is 1. The summed E-state index contributed by atoms with van der Waals surface area (Å²) in [7, 11) is 1.52. The van der Waals surface area contributed by atoms with Crippen LogP contribution in [0.4, 0.5) is 0 Å². The van der Waals surface area contributed by atoms with Crippen LogP contribution in [0.15, 0.2) is 35.3 Å². The third-order valence-corrected chi connectivity index (χ3v) is 3.45. The molecule has 116 valence electrons. The molecule has 6 heteroatoms. The highest BCUT2D eigenvalue weighted by Gasteiger charge is 2.15. The minimum absolute atomic E-state index is 0.233. The van der Waals surface area contributed by atoms with Crippen LogP contribution in [0.1, 0.15) is 11.1 Å². The number of carbonyl (C=O) groups is 1. The molecule has 0 spiro atoms. The van der Waals surface area contributed by atoms with Crippen LogP contribution >= 0.6 is 0 Å². The van der Waals surface area contributed by atoms with Crippen LogP contribution in [0.5, 0.6) is 5.75 Å². The number of pyridine rings is 1. The van der Waals surface area contributed by atoms with E-state index < -0.39 is 12.0 Å². The number of nitrogens with one attached hydrogen (secondary N) is 1. The van der Waals surface area contributed by atoms with E-state index >= 15 is 0 Å². The molecule has 0 bridgehead atoms. The number of aliphatic carboxylic acids is 1. The highest BCUT2D eigenvalue weighted by molar-refractivity contribution is 5.74. The summed E-state index contributed by atoms with van der Waals surface area (Å²) < 4.78 is 5.32. The maximum absolute atomic E-state index is 12.1. The molecule has 0 saturated heterocycles. The summed E-state index contributed by atoms with van der Waals surface area (Å²) in [5, 5.41) is 8.82. The Balaban J connectivity index is 2.38. The van der Waals surface area contributed by atoms with Crippen molar-refractivity contribution in [2.45, 2.75) is 19.4 Å². The van der Waals surface area contributed by atoms with Crippen LogP contribution in [0, 0.1) is 6.92 Å². The van der Waals surface area contributed by atoms with Gasteiger partial charge in [-0.05, 0) is 24.5 Å². The van der Waals surface area contributed by atoms with Gasteiger partial charge in [-0.25, -0.2) is 0 Å². The maximum Gasteiger partial charge on any atom is 0.320 e. The average molecular weight is 302 g/mol. The molecule has 0 aliphatic heterocycles. The third-order valence-electron chi connectivity index (χ3n) is 3.45. The lowest BCUT2D eigenvalue weighted by Gasteiger charge is -2.11. The van der Waals surface area contributed by atoms with Crippen LogP contribution in [0.2, 0.25) is 0 Å². The maximum atomic E-state index is 12.1. The van der Waals surface area contributed by atoms with E-state index in [1.165, 1.54) is 7.11 Å². The smallest absolute Gasteiger partial charge is 0.320 e. The molecule has 1 aromatic carbocycles. The summed E-state index contributed by atoms with van der Waals surface area (Å²) in [4.78, 5) is 25.5. The second-order valence-corrected chi connectivity index (χ2v) is 5.05. The number of aryl methyl sites for hydroxylation is 1. The fourth-order valence-corrected chi connectivity index (χ4v) is 2.29. The van der Waals surface area contributed by atoms with Gasteiger partial charge in [-0.2, -0.15) is 0 Å². The number of rotatable bonds is 5. The van der Waals surface area contributed by atoms with Crippen molar-refractivity contribution in [1.82, 2.24) is 4.98 Å². The first kappa shape index (κ1) is 15.8. The predicted octanol–water partition coefficient (Wildman–Crippen LogP) is 1.31. The minimum atomic E-state index is -1.04. The zero-order valence-electron chi connectivity index (χ0n) is 12.4. The molecule has 1 atom stereocenters. The number of aromatic amines is 1. The number of benzene rings is 1. The second-order valence-electron chi connectivity index (χ2n) is 5.05. The Bertz CT molecular complexity index is 735. The van der Waals surface area contributed by atoms with Gasteiger partial charge < -0.3 is 20.6 Å². The van der Waals surface area contributed by atoms with Crippen LogP contribution < -0.4 is 16.0 Å². The molecule has 1 heterocycles. The summed E-state index contributed by atoms with van der Waals surface area (Å²) in [5.74, 6) is -0.514. The molecule has 1 aromatic heterocycles. The Morgan fingerprint density at radius 1 is 1.36 bits per heavy atom. The van der Waals surface area contributed by atoms with Gasteiger partial charge >= 0.3 is 5.97 Å². The molecule has 0 aliphatic rings. The lowest BCUT2D eigenvalue weighted by molar-refractivity contribution is -0.138. The highest BCUT2D eigenvalue weighted by atomic mass is 16.5. The van der Waals surface area contributed by atoms with E-state index in [0.717, 1.165) is 11.1 Å². The molecule has 22 heavy (non-hydrogen) atoms. The molecule has 0 unspecified atom stereocenters. The van der Waals surface area contributed by atoms with E-state index in [0.29, 0.717) is 16.9 Å². The number of nitrogens with two attached hydrogens (primary N) is 1. The van der Waals surface area contributed by atoms with Crippen molar-refractivity contribution in [3.05, 3.63) is 51.9 Å². The molecule has 0 saturated carbocycles. The molecular weight excluding hydrogens is 284 g/mol. The molecule has 2 rings (SSSR count). The zero-order chi connectivity index (χ0) is 16.3. The Morgan fingerprint density at radius 3 is 2.55 bits per heavy atom. The van der Waals surface area contributed by atoms with Crippen molar-refractivity contribution in [2.24, 2.45) is 5.73 Å². The molecule has 0 fully saturated rings. The minimum Gasteiger partial charge on any atom is -0.496 e. The van der Waals surface area contributed by atoms with E-state index in [2.05, 4.69) is 4.98 Å². The van der Waals surface area contributed by atoms with Crippen molar-refractivity contribution >= 4 is 5.97 Å². The SMILES string of the molecule is COc1c(C)c[nH]c(=O)c1-c1ccc(C[C@H](N)C(=O)O)cc1. The molecular formula is C16H18N2O4. The van der Waals surface area contributed by atoms with Gasteiger partial charge in [-0.15, -0.1) is 0 Å². The van der Waals surface area contributed by atoms with Gasteiger partial charge in [0.2, 0.25) is 0 Å². The number of hydrogen-bond donors (Lipinski definition) is 3. The molecule has 0 aliphatic carbocycles. The first-order chi connectivity index (χ1) is 10.4. The van der Waals surface area contributed by atoms with Crippen molar-refractivity contribution in [1.29, 1.82) is 0 Å². The van der Waals surface area contributed by atoms with E-state index in [4.69, 9.17) is 15.6 Å². The van der Waals surface area contributed by atoms with Crippen LogP contribution in [0.25, 0.3) is 11.1 Å². The fourth-order valence-electron chi connectivity index (χ4n) is 2.29. The van der Waals surface area contributed by atoms with Gasteiger partial charge in [0, 0.05) is 11.8 Å². The van der Waals surface area contributed by atoms with E-state index in [1.807, 2.05) is 6.92 Å². The quantitative estimate of drug-likeness (QED) is 0.772. The molecule has 4 N–H and O–H groups in total. The van der Waals surface area contributed by atoms with Crippen molar-refractivity contribution in [3.8, 4) is 16.9 Å². The summed E-state index contributed by atoms with van der Waals surface area (Å²) in [6, 6.07) is 6.11. The monoisotopic (exact) mass is 302 g/mol. The first-order valence-corrected chi connectivity index (χ1v) is 6.78. The summed E-state index contributed by atoms with van der Waals surface area (Å²) in [5.41, 5.74) is 8.05. The number of ether oxygens (including phenoxy) is 1. The number of carboxylic acids is 1. The van der Waals surface area contributed by atoms with Crippen molar-refractivity contribution in [2.75, 3.05) is 7.11 Å². The highest BCUT2D eigenvalue weighted by Crippen LogP contribution is 2.29. The van der Waals surface area contributed by atoms with Gasteiger partial charge in [-0.1, -0.05) is 24.3 Å². The number of carboxylic acid groups (broad SMARTS) is 1. The number of aromatic nitrogens is 1. The fraction of sp³-hybridized carbons (Fsp3) is 0.250. The lowest BCUT2D eigenvalue weighted by Crippen LogP contribution is -2.32. The summed E-state index contributed by atoms with van der Waals surface area (Å²) in [6.45, 7) is 1.85. The average Bonchev–Trinajstić information content (AvgIpc) is 2.50. The number of methoxy groups -OCH3 is 1. The number of hydrogen-bond acceptors (Lipinski definition) is 4. The summed E-state index contributed by atoms with van der Waals surface area (Å²) >= 11 is 0. The molecule has 6 nitrogen and oxygen atoms in total. The van der Waals surface area contributed by atoms with Crippen LogP contribution in [-0.2, 0) is 11.2 Å². The largest absolute Gasteiger partial charge is 0.496 e. The lowest BCUT2D eigenvalue weighted by atomic mass is 10.00. The molecule has 2 aromatic rings. The predicted molar refractivity (Wildman–Crippen MR) is 83.1 cm³/mol. The first-order valence-electron chi connectivity index (χ1n) is 6.78. The Hall–Kier alpha value is -2.60. The van der Waals surface area contributed by atoms with Gasteiger partial charge in [0.25, 0.3) is 5.56 Å².